The molecule has 0 spiro atoms. The topological polar surface area (TPSA) is 92.5 Å². The fourth-order valence-corrected chi connectivity index (χ4v) is 3.00. The highest BCUT2D eigenvalue weighted by molar-refractivity contribution is 9.10. The number of carbonyl (C=O) groups excluding carboxylic acids is 3. The molecule has 7 heteroatoms. The molecule has 1 aliphatic heterocycles. The number of likely N-dealkylation sites (tertiary alicyclic amines) is 1. The standard InChI is InChI=1S/C15H18BrN3O3/c1-9-2-3-12(11(16)8-9)18-14(21)15(22)19-6-4-10(5-7-19)13(17)20/h2-3,8,10H,4-7H2,1H3,(H2,17,20)(H,18,21). The van der Waals surface area contributed by atoms with Gasteiger partial charge in [0.2, 0.25) is 5.91 Å². The zero-order valence-electron chi connectivity index (χ0n) is 12.3. The number of aryl methyl sites for hydroxylation is 1. The van der Waals surface area contributed by atoms with E-state index in [0.29, 0.717) is 31.6 Å². The monoisotopic (exact) mass is 367 g/mol. The van der Waals surface area contributed by atoms with Crippen molar-refractivity contribution in [1.29, 1.82) is 0 Å². The first-order valence-electron chi connectivity index (χ1n) is 7.04. The zero-order chi connectivity index (χ0) is 16.3. The maximum Gasteiger partial charge on any atom is 0.313 e. The summed E-state index contributed by atoms with van der Waals surface area (Å²) in [6.45, 7) is 2.67. The predicted molar refractivity (Wildman–Crippen MR) is 86.0 cm³/mol. The lowest BCUT2D eigenvalue weighted by Gasteiger charge is -2.30. The molecule has 1 aliphatic rings. The summed E-state index contributed by atoms with van der Waals surface area (Å²) >= 11 is 3.35. The Morgan fingerprint density at radius 2 is 1.91 bits per heavy atom. The Bertz CT molecular complexity index is 610. The van der Waals surface area contributed by atoms with Gasteiger partial charge in [-0.1, -0.05) is 6.07 Å². The first-order chi connectivity index (χ1) is 10.4. The summed E-state index contributed by atoms with van der Waals surface area (Å²) in [6.07, 6.45) is 1.01. The van der Waals surface area contributed by atoms with Crippen LogP contribution in [0.2, 0.25) is 0 Å². The second kappa shape index (κ2) is 6.91. The van der Waals surface area contributed by atoms with Crippen molar-refractivity contribution in [2.45, 2.75) is 19.8 Å². The third-order valence-corrected chi connectivity index (χ3v) is 4.41. The van der Waals surface area contributed by atoms with Gasteiger partial charge >= 0.3 is 11.8 Å². The second-order valence-corrected chi connectivity index (χ2v) is 6.26. The minimum Gasteiger partial charge on any atom is -0.369 e. The van der Waals surface area contributed by atoms with Crippen LogP contribution in [0.1, 0.15) is 18.4 Å². The van der Waals surface area contributed by atoms with Crippen molar-refractivity contribution < 1.29 is 14.4 Å². The number of benzene rings is 1. The number of halogens is 1. The molecule has 1 aromatic carbocycles. The summed E-state index contributed by atoms with van der Waals surface area (Å²) < 4.78 is 0.723. The van der Waals surface area contributed by atoms with Gasteiger partial charge in [0.15, 0.2) is 0 Å². The summed E-state index contributed by atoms with van der Waals surface area (Å²) in [5.74, 6) is -1.82. The molecule has 0 aliphatic carbocycles. The molecular formula is C15H18BrN3O3. The number of piperidine rings is 1. The number of rotatable bonds is 2. The molecule has 1 fully saturated rings. The molecule has 0 radical (unpaired) electrons. The maximum atomic E-state index is 12.1. The van der Waals surface area contributed by atoms with Gasteiger partial charge in [-0.05, 0) is 53.4 Å². The smallest absolute Gasteiger partial charge is 0.313 e. The average Bonchev–Trinajstić information content (AvgIpc) is 2.49. The summed E-state index contributed by atoms with van der Waals surface area (Å²) in [4.78, 5) is 36.7. The van der Waals surface area contributed by atoms with Crippen molar-refractivity contribution in [3.05, 3.63) is 28.2 Å². The highest BCUT2D eigenvalue weighted by Crippen LogP contribution is 2.23. The minimum absolute atomic E-state index is 0.210. The zero-order valence-corrected chi connectivity index (χ0v) is 13.9. The van der Waals surface area contributed by atoms with E-state index < -0.39 is 11.8 Å². The van der Waals surface area contributed by atoms with Crippen LogP contribution in [-0.2, 0) is 14.4 Å². The van der Waals surface area contributed by atoms with Crippen molar-refractivity contribution >= 4 is 39.3 Å². The van der Waals surface area contributed by atoms with E-state index in [1.165, 1.54) is 4.90 Å². The number of nitrogens with two attached hydrogens (primary N) is 1. The van der Waals surface area contributed by atoms with E-state index in [1.807, 2.05) is 19.1 Å². The Labute approximate surface area is 137 Å². The van der Waals surface area contributed by atoms with Gasteiger partial charge in [-0.2, -0.15) is 0 Å². The van der Waals surface area contributed by atoms with Crippen molar-refractivity contribution in [2.75, 3.05) is 18.4 Å². The third-order valence-electron chi connectivity index (χ3n) is 3.75. The fourth-order valence-electron chi connectivity index (χ4n) is 2.41. The largest absolute Gasteiger partial charge is 0.369 e. The Hall–Kier alpha value is -1.89. The number of amides is 3. The molecular weight excluding hydrogens is 350 g/mol. The van der Waals surface area contributed by atoms with Gasteiger partial charge in [0.1, 0.15) is 0 Å². The molecule has 6 nitrogen and oxygen atoms in total. The van der Waals surface area contributed by atoms with Crippen molar-refractivity contribution in [3.63, 3.8) is 0 Å². The summed E-state index contributed by atoms with van der Waals surface area (Å²) in [6, 6.07) is 5.45. The van der Waals surface area contributed by atoms with E-state index in [9.17, 15) is 14.4 Å². The first-order valence-corrected chi connectivity index (χ1v) is 7.83. The van der Waals surface area contributed by atoms with Gasteiger partial charge < -0.3 is 16.0 Å². The first kappa shape index (κ1) is 16.5. The molecule has 0 aromatic heterocycles. The Balaban J connectivity index is 1.95. The summed E-state index contributed by atoms with van der Waals surface area (Å²) in [5.41, 5.74) is 6.85. The summed E-state index contributed by atoms with van der Waals surface area (Å²) in [7, 11) is 0. The van der Waals surface area contributed by atoms with Crippen LogP contribution in [0.15, 0.2) is 22.7 Å². The number of carbonyl (C=O) groups is 3. The van der Waals surface area contributed by atoms with Crippen LogP contribution in [0.4, 0.5) is 5.69 Å². The lowest BCUT2D eigenvalue weighted by molar-refractivity contribution is -0.144. The Morgan fingerprint density at radius 1 is 1.27 bits per heavy atom. The Morgan fingerprint density at radius 3 is 2.45 bits per heavy atom. The van der Waals surface area contributed by atoms with E-state index in [0.717, 1.165) is 10.0 Å². The quantitative estimate of drug-likeness (QED) is 0.774. The fraction of sp³-hybridized carbons (Fsp3) is 0.400. The molecule has 0 atom stereocenters. The highest BCUT2D eigenvalue weighted by atomic mass is 79.9. The number of anilines is 1. The minimum atomic E-state index is -0.679. The molecule has 1 saturated heterocycles. The van der Waals surface area contributed by atoms with Crippen LogP contribution in [0.5, 0.6) is 0 Å². The molecule has 22 heavy (non-hydrogen) atoms. The van der Waals surface area contributed by atoms with E-state index in [-0.39, 0.29) is 11.8 Å². The predicted octanol–water partition coefficient (Wildman–Crippen LogP) is 1.42. The molecule has 3 amide bonds. The number of hydrogen-bond acceptors (Lipinski definition) is 3. The second-order valence-electron chi connectivity index (χ2n) is 5.41. The number of nitrogens with one attached hydrogen (secondary N) is 1. The van der Waals surface area contributed by atoms with Crippen molar-refractivity contribution in [2.24, 2.45) is 11.7 Å². The van der Waals surface area contributed by atoms with Gasteiger partial charge in [0.05, 0.1) is 5.69 Å². The van der Waals surface area contributed by atoms with Crippen LogP contribution in [0, 0.1) is 12.8 Å². The van der Waals surface area contributed by atoms with Crippen molar-refractivity contribution in [3.8, 4) is 0 Å². The van der Waals surface area contributed by atoms with Crippen molar-refractivity contribution in [1.82, 2.24) is 4.90 Å². The van der Waals surface area contributed by atoms with Crippen LogP contribution < -0.4 is 11.1 Å². The molecule has 1 heterocycles. The normalized spacial score (nSPS) is 15.5. The van der Waals surface area contributed by atoms with E-state index in [1.54, 1.807) is 6.07 Å². The third kappa shape index (κ3) is 3.85. The van der Waals surface area contributed by atoms with Gasteiger partial charge in [-0.25, -0.2) is 0 Å². The van der Waals surface area contributed by atoms with Gasteiger partial charge in [0, 0.05) is 23.5 Å². The SMILES string of the molecule is Cc1ccc(NC(=O)C(=O)N2CCC(C(N)=O)CC2)c(Br)c1. The van der Waals surface area contributed by atoms with Gasteiger partial charge in [0.25, 0.3) is 0 Å². The molecule has 3 N–H and O–H groups in total. The average molecular weight is 368 g/mol. The van der Waals surface area contributed by atoms with Crippen LogP contribution >= 0.6 is 15.9 Å². The maximum absolute atomic E-state index is 12.1. The molecule has 118 valence electrons. The molecule has 0 saturated carbocycles. The lowest BCUT2D eigenvalue weighted by atomic mass is 9.96. The van der Waals surface area contributed by atoms with Gasteiger partial charge in [-0.3, -0.25) is 14.4 Å². The van der Waals surface area contributed by atoms with Crippen LogP contribution in [0.3, 0.4) is 0 Å². The van der Waals surface area contributed by atoms with Gasteiger partial charge in [-0.15, -0.1) is 0 Å². The molecule has 0 unspecified atom stereocenters. The van der Waals surface area contributed by atoms with E-state index in [4.69, 9.17) is 5.73 Å². The van der Waals surface area contributed by atoms with Crippen LogP contribution in [-0.4, -0.2) is 35.7 Å². The lowest BCUT2D eigenvalue weighted by Crippen LogP contribution is -2.46. The van der Waals surface area contributed by atoms with Crippen LogP contribution in [0.25, 0.3) is 0 Å². The number of hydrogen-bond donors (Lipinski definition) is 2. The Kier molecular flexibility index (Phi) is 5.18. The number of primary amides is 1. The van der Waals surface area contributed by atoms with E-state index >= 15 is 0 Å². The highest BCUT2D eigenvalue weighted by Gasteiger charge is 2.29. The molecule has 2 rings (SSSR count). The molecule has 1 aromatic rings. The number of nitrogens with zero attached hydrogens (tertiary/aromatic N) is 1. The molecule has 0 bridgehead atoms. The van der Waals surface area contributed by atoms with E-state index in [2.05, 4.69) is 21.2 Å². The summed E-state index contributed by atoms with van der Waals surface area (Å²) in [5, 5.41) is 2.60.